The van der Waals surface area contributed by atoms with Gasteiger partial charge in [0.2, 0.25) is 0 Å². The molecule has 0 atom stereocenters. The van der Waals surface area contributed by atoms with Crippen LogP contribution in [0, 0.1) is 6.92 Å². The Bertz CT molecular complexity index is 703. The fourth-order valence-electron chi connectivity index (χ4n) is 2.04. The molecule has 0 radical (unpaired) electrons. The summed E-state index contributed by atoms with van der Waals surface area (Å²) in [4.78, 5) is 0. The van der Waals surface area contributed by atoms with Gasteiger partial charge >= 0.3 is 0 Å². The third kappa shape index (κ3) is 1.62. The lowest BCUT2D eigenvalue weighted by Crippen LogP contribution is -1.98. The van der Waals surface area contributed by atoms with Gasteiger partial charge in [-0.3, -0.25) is 0 Å². The molecule has 0 bridgehead atoms. The quantitative estimate of drug-likeness (QED) is 0.745. The molecule has 90 valence electrons. The van der Waals surface area contributed by atoms with Gasteiger partial charge in [0, 0.05) is 18.0 Å². The highest BCUT2D eigenvalue weighted by molar-refractivity contribution is 5.92. The third-order valence-electron chi connectivity index (χ3n) is 2.98. The molecule has 0 aliphatic carbocycles. The van der Waals surface area contributed by atoms with Gasteiger partial charge in [0.1, 0.15) is 11.8 Å². The number of anilines is 1. The molecule has 4 heteroatoms. The second-order valence-corrected chi connectivity index (χ2v) is 4.16. The summed E-state index contributed by atoms with van der Waals surface area (Å²) in [7, 11) is 1.84. The molecular formula is C14H13N3O. The summed E-state index contributed by atoms with van der Waals surface area (Å²) >= 11 is 0. The van der Waals surface area contributed by atoms with Crippen molar-refractivity contribution in [3.8, 4) is 11.3 Å². The summed E-state index contributed by atoms with van der Waals surface area (Å²) < 4.78 is 5.52. The van der Waals surface area contributed by atoms with Crippen LogP contribution in [-0.4, -0.2) is 17.2 Å². The van der Waals surface area contributed by atoms with E-state index in [2.05, 4.69) is 15.5 Å². The van der Waals surface area contributed by atoms with Gasteiger partial charge in [0.25, 0.3) is 0 Å². The molecular weight excluding hydrogens is 226 g/mol. The van der Waals surface area contributed by atoms with Crippen LogP contribution >= 0.6 is 0 Å². The predicted molar refractivity (Wildman–Crippen MR) is 71.5 cm³/mol. The van der Waals surface area contributed by atoms with Gasteiger partial charge in [-0.1, -0.05) is 18.2 Å². The van der Waals surface area contributed by atoms with E-state index in [-0.39, 0.29) is 0 Å². The Morgan fingerprint density at radius 3 is 2.78 bits per heavy atom. The highest BCUT2D eigenvalue weighted by atomic mass is 16.3. The Balaban J connectivity index is 2.17. The lowest BCUT2D eigenvalue weighted by Gasteiger charge is -2.04. The first-order chi connectivity index (χ1) is 8.79. The number of hydrogen-bond acceptors (Lipinski definition) is 4. The molecule has 2 aromatic heterocycles. The molecule has 0 fully saturated rings. The first kappa shape index (κ1) is 10.8. The molecule has 0 aliphatic rings. The smallest absolute Gasteiger partial charge is 0.151 e. The number of aromatic nitrogens is 2. The van der Waals surface area contributed by atoms with E-state index in [0.29, 0.717) is 0 Å². The minimum Gasteiger partial charge on any atom is -0.464 e. The minimum atomic E-state index is 0.798. The fraction of sp³-hybridized carbons (Fsp3) is 0.143. The maximum atomic E-state index is 5.52. The second-order valence-electron chi connectivity index (χ2n) is 4.16. The van der Waals surface area contributed by atoms with Crippen molar-refractivity contribution in [2.75, 3.05) is 12.4 Å². The summed E-state index contributed by atoms with van der Waals surface area (Å²) in [6.07, 6.45) is 1.73. The number of nitrogens with zero attached hydrogens (tertiary/aromatic N) is 2. The number of nitrogens with one attached hydrogen (secondary N) is 1. The molecule has 2 heterocycles. The molecule has 4 nitrogen and oxygen atoms in total. The number of furan rings is 1. The Kier molecular flexibility index (Phi) is 2.48. The number of rotatable bonds is 2. The Morgan fingerprint density at radius 1 is 1.17 bits per heavy atom. The zero-order chi connectivity index (χ0) is 12.5. The van der Waals surface area contributed by atoms with E-state index in [0.717, 1.165) is 33.6 Å². The molecule has 1 N–H and O–H groups in total. The molecule has 0 saturated heterocycles. The van der Waals surface area contributed by atoms with Crippen LogP contribution in [0.5, 0.6) is 0 Å². The number of fused-ring (bicyclic) bond motifs is 1. The van der Waals surface area contributed by atoms with Crippen molar-refractivity contribution < 1.29 is 4.42 Å². The van der Waals surface area contributed by atoms with Crippen LogP contribution in [0.25, 0.3) is 22.2 Å². The predicted octanol–water partition coefficient (Wildman–Crippen LogP) is 3.24. The molecule has 0 unspecified atom stereocenters. The SMILES string of the molecule is CNc1nnc(-c2coc3ccccc23)cc1C. The van der Waals surface area contributed by atoms with Crippen molar-refractivity contribution in [3.63, 3.8) is 0 Å². The summed E-state index contributed by atoms with van der Waals surface area (Å²) in [5.41, 5.74) is 3.73. The van der Waals surface area contributed by atoms with E-state index in [4.69, 9.17) is 4.42 Å². The van der Waals surface area contributed by atoms with Gasteiger partial charge in [0.15, 0.2) is 5.82 Å². The van der Waals surface area contributed by atoms with Gasteiger partial charge in [0.05, 0.1) is 5.69 Å². The van der Waals surface area contributed by atoms with Crippen molar-refractivity contribution in [1.29, 1.82) is 0 Å². The van der Waals surface area contributed by atoms with Crippen molar-refractivity contribution in [2.24, 2.45) is 0 Å². The summed E-state index contributed by atoms with van der Waals surface area (Å²) in [6.45, 7) is 2.01. The van der Waals surface area contributed by atoms with Crippen molar-refractivity contribution >= 4 is 16.8 Å². The van der Waals surface area contributed by atoms with Crippen LogP contribution in [-0.2, 0) is 0 Å². The maximum Gasteiger partial charge on any atom is 0.151 e. The fourth-order valence-corrected chi connectivity index (χ4v) is 2.04. The van der Waals surface area contributed by atoms with Crippen molar-refractivity contribution in [2.45, 2.75) is 6.92 Å². The van der Waals surface area contributed by atoms with Crippen LogP contribution in [0.15, 0.2) is 41.0 Å². The lowest BCUT2D eigenvalue weighted by atomic mass is 10.1. The topological polar surface area (TPSA) is 51.0 Å². The molecule has 18 heavy (non-hydrogen) atoms. The number of hydrogen-bond donors (Lipinski definition) is 1. The van der Waals surface area contributed by atoms with Crippen molar-refractivity contribution in [3.05, 3.63) is 42.2 Å². The number of para-hydroxylation sites is 1. The molecule has 1 aromatic carbocycles. The number of aryl methyl sites for hydroxylation is 1. The first-order valence-corrected chi connectivity index (χ1v) is 5.78. The number of benzene rings is 1. The summed E-state index contributed by atoms with van der Waals surface area (Å²) in [5.74, 6) is 0.798. The maximum absolute atomic E-state index is 5.52. The van der Waals surface area contributed by atoms with Gasteiger partial charge < -0.3 is 9.73 Å². The highest BCUT2D eigenvalue weighted by Gasteiger charge is 2.10. The molecule has 3 rings (SSSR count). The van der Waals surface area contributed by atoms with E-state index in [1.54, 1.807) is 6.26 Å². The van der Waals surface area contributed by atoms with Gasteiger partial charge in [-0.15, -0.1) is 10.2 Å². The minimum absolute atomic E-state index is 0.798. The van der Waals surface area contributed by atoms with E-state index in [1.807, 2.05) is 44.3 Å². The van der Waals surface area contributed by atoms with E-state index >= 15 is 0 Å². The van der Waals surface area contributed by atoms with Crippen LogP contribution in [0.2, 0.25) is 0 Å². The van der Waals surface area contributed by atoms with E-state index in [9.17, 15) is 0 Å². The van der Waals surface area contributed by atoms with Crippen LogP contribution in [0.4, 0.5) is 5.82 Å². The van der Waals surface area contributed by atoms with E-state index < -0.39 is 0 Å². The zero-order valence-corrected chi connectivity index (χ0v) is 10.3. The summed E-state index contributed by atoms with van der Waals surface area (Å²) in [6, 6.07) is 9.93. The van der Waals surface area contributed by atoms with Gasteiger partial charge in [-0.2, -0.15) is 0 Å². The monoisotopic (exact) mass is 239 g/mol. The largest absolute Gasteiger partial charge is 0.464 e. The molecule has 0 aliphatic heterocycles. The summed E-state index contributed by atoms with van der Waals surface area (Å²) in [5, 5.41) is 12.5. The van der Waals surface area contributed by atoms with Crippen LogP contribution in [0.1, 0.15) is 5.56 Å². The standard InChI is InChI=1S/C14H13N3O/c1-9-7-12(16-17-14(9)15-2)11-8-18-13-6-4-3-5-10(11)13/h3-8H,1-2H3,(H,15,17). The molecule has 3 aromatic rings. The normalized spacial score (nSPS) is 10.8. The van der Waals surface area contributed by atoms with Gasteiger partial charge in [-0.25, -0.2) is 0 Å². The molecule has 0 saturated carbocycles. The molecule has 0 amide bonds. The zero-order valence-electron chi connectivity index (χ0n) is 10.3. The Morgan fingerprint density at radius 2 is 2.00 bits per heavy atom. The van der Waals surface area contributed by atoms with Crippen LogP contribution in [0.3, 0.4) is 0 Å². The van der Waals surface area contributed by atoms with Gasteiger partial charge in [-0.05, 0) is 24.6 Å². The lowest BCUT2D eigenvalue weighted by molar-refractivity contribution is 0.616. The van der Waals surface area contributed by atoms with Crippen molar-refractivity contribution in [1.82, 2.24) is 10.2 Å². The van der Waals surface area contributed by atoms with E-state index in [1.165, 1.54) is 0 Å². The average Bonchev–Trinajstić information content (AvgIpc) is 2.82. The van der Waals surface area contributed by atoms with Crippen LogP contribution < -0.4 is 5.32 Å². The Labute approximate surface area is 105 Å². The molecule has 0 spiro atoms. The first-order valence-electron chi connectivity index (χ1n) is 5.78. The second kappa shape index (κ2) is 4.14. The third-order valence-corrected chi connectivity index (χ3v) is 2.98. The Hall–Kier alpha value is -2.36. The average molecular weight is 239 g/mol. The highest BCUT2D eigenvalue weighted by Crippen LogP contribution is 2.29.